The first-order valence-electron chi connectivity index (χ1n) is 6.39. The fourth-order valence-corrected chi connectivity index (χ4v) is 2.78. The number of thiazole rings is 1. The van der Waals surface area contributed by atoms with Gasteiger partial charge in [-0.3, -0.25) is 5.32 Å². The SMILES string of the molecule is O=C(Nc1cccc(C(=O)O)c1)Nc1nc2ccccc2s1. The average molecular weight is 313 g/mol. The first-order chi connectivity index (χ1) is 10.6. The van der Waals surface area contributed by atoms with Crippen LogP contribution in [0.3, 0.4) is 0 Å². The van der Waals surface area contributed by atoms with Crippen LogP contribution in [0.2, 0.25) is 0 Å². The summed E-state index contributed by atoms with van der Waals surface area (Å²) in [4.78, 5) is 27.1. The van der Waals surface area contributed by atoms with Gasteiger partial charge in [0.15, 0.2) is 5.13 Å². The van der Waals surface area contributed by atoms with Crippen LogP contribution in [0.1, 0.15) is 10.4 Å². The lowest BCUT2D eigenvalue weighted by atomic mass is 10.2. The lowest BCUT2D eigenvalue weighted by Gasteiger charge is -2.05. The molecule has 2 aromatic carbocycles. The van der Waals surface area contributed by atoms with Gasteiger partial charge >= 0.3 is 12.0 Å². The smallest absolute Gasteiger partial charge is 0.335 e. The van der Waals surface area contributed by atoms with Crippen molar-refractivity contribution in [1.82, 2.24) is 4.98 Å². The summed E-state index contributed by atoms with van der Waals surface area (Å²) in [6.07, 6.45) is 0. The third-order valence-electron chi connectivity index (χ3n) is 2.88. The van der Waals surface area contributed by atoms with E-state index in [1.807, 2.05) is 24.3 Å². The van der Waals surface area contributed by atoms with E-state index in [0.717, 1.165) is 10.2 Å². The largest absolute Gasteiger partial charge is 0.478 e. The molecule has 0 unspecified atom stereocenters. The van der Waals surface area contributed by atoms with Gasteiger partial charge < -0.3 is 10.4 Å². The van der Waals surface area contributed by atoms with Gasteiger partial charge in [0.2, 0.25) is 0 Å². The summed E-state index contributed by atoms with van der Waals surface area (Å²) in [5.41, 5.74) is 1.33. The fourth-order valence-electron chi connectivity index (χ4n) is 1.92. The number of anilines is 2. The second-order valence-electron chi connectivity index (χ2n) is 4.45. The van der Waals surface area contributed by atoms with Crippen molar-refractivity contribution >= 4 is 44.4 Å². The normalized spacial score (nSPS) is 10.4. The Morgan fingerprint density at radius 2 is 1.86 bits per heavy atom. The van der Waals surface area contributed by atoms with Gasteiger partial charge in [-0.05, 0) is 30.3 Å². The molecule has 1 aromatic heterocycles. The lowest BCUT2D eigenvalue weighted by Crippen LogP contribution is -2.19. The number of rotatable bonds is 3. The third-order valence-corrected chi connectivity index (χ3v) is 3.83. The second kappa shape index (κ2) is 5.82. The number of carboxylic acid groups (broad SMARTS) is 1. The van der Waals surface area contributed by atoms with E-state index in [1.54, 1.807) is 12.1 Å². The number of urea groups is 1. The van der Waals surface area contributed by atoms with E-state index in [9.17, 15) is 9.59 Å². The molecule has 0 fully saturated rings. The number of nitrogens with zero attached hydrogens (tertiary/aromatic N) is 1. The standard InChI is InChI=1S/C15H11N3O3S/c19-13(20)9-4-3-5-10(8-9)16-14(21)18-15-17-11-6-1-2-7-12(11)22-15/h1-8H,(H,19,20)(H2,16,17,18,21). The van der Waals surface area contributed by atoms with Crippen molar-refractivity contribution in [3.05, 3.63) is 54.1 Å². The molecule has 110 valence electrons. The highest BCUT2D eigenvalue weighted by molar-refractivity contribution is 7.22. The van der Waals surface area contributed by atoms with Crippen LogP contribution < -0.4 is 10.6 Å². The molecule has 2 amide bonds. The Balaban J connectivity index is 1.72. The maximum absolute atomic E-state index is 11.9. The average Bonchev–Trinajstić information content (AvgIpc) is 2.89. The van der Waals surface area contributed by atoms with Gasteiger partial charge in [-0.15, -0.1) is 0 Å². The molecule has 0 saturated heterocycles. The molecule has 3 aromatic rings. The summed E-state index contributed by atoms with van der Waals surface area (Å²) >= 11 is 1.37. The molecular formula is C15H11N3O3S. The fraction of sp³-hybridized carbons (Fsp3) is 0. The first-order valence-corrected chi connectivity index (χ1v) is 7.20. The van der Waals surface area contributed by atoms with Gasteiger partial charge in [0, 0.05) is 5.69 Å². The molecule has 7 heteroatoms. The molecule has 0 saturated carbocycles. The predicted molar refractivity (Wildman–Crippen MR) is 85.7 cm³/mol. The van der Waals surface area contributed by atoms with Gasteiger partial charge in [0.25, 0.3) is 0 Å². The Morgan fingerprint density at radius 1 is 1.05 bits per heavy atom. The third kappa shape index (κ3) is 3.04. The number of carbonyl (C=O) groups excluding carboxylic acids is 1. The number of para-hydroxylation sites is 1. The highest BCUT2D eigenvalue weighted by Crippen LogP contribution is 2.25. The maximum Gasteiger partial charge on any atom is 0.335 e. The minimum Gasteiger partial charge on any atom is -0.478 e. The molecular weight excluding hydrogens is 302 g/mol. The molecule has 0 aliphatic carbocycles. The summed E-state index contributed by atoms with van der Waals surface area (Å²) in [6.45, 7) is 0. The van der Waals surface area contributed by atoms with Crippen molar-refractivity contribution in [3.63, 3.8) is 0 Å². The molecule has 0 bridgehead atoms. The number of amides is 2. The zero-order chi connectivity index (χ0) is 15.5. The number of hydrogen-bond acceptors (Lipinski definition) is 4. The lowest BCUT2D eigenvalue weighted by molar-refractivity contribution is 0.0697. The second-order valence-corrected chi connectivity index (χ2v) is 5.48. The van der Waals surface area contributed by atoms with Crippen molar-refractivity contribution in [3.8, 4) is 0 Å². The molecule has 0 aliphatic rings. The number of aromatic nitrogens is 1. The zero-order valence-corrected chi connectivity index (χ0v) is 12.1. The molecule has 1 heterocycles. The summed E-state index contributed by atoms with van der Waals surface area (Å²) in [6, 6.07) is 13.1. The van der Waals surface area contributed by atoms with Gasteiger partial charge in [0.1, 0.15) is 0 Å². The summed E-state index contributed by atoms with van der Waals surface area (Å²) < 4.78 is 0.977. The zero-order valence-electron chi connectivity index (χ0n) is 11.2. The van der Waals surface area contributed by atoms with Crippen molar-refractivity contribution in [1.29, 1.82) is 0 Å². The van der Waals surface area contributed by atoms with Crippen LogP contribution in [-0.2, 0) is 0 Å². The number of benzene rings is 2. The highest BCUT2D eigenvalue weighted by atomic mass is 32.1. The van der Waals surface area contributed by atoms with Crippen molar-refractivity contribution in [2.75, 3.05) is 10.6 Å². The van der Waals surface area contributed by atoms with E-state index in [0.29, 0.717) is 10.8 Å². The molecule has 3 rings (SSSR count). The van der Waals surface area contributed by atoms with E-state index >= 15 is 0 Å². The van der Waals surface area contributed by atoms with Crippen LogP contribution in [0.15, 0.2) is 48.5 Å². The summed E-state index contributed by atoms with van der Waals surface area (Å²) in [5.74, 6) is -1.05. The Labute approximate surface area is 129 Å². The molecule has 0 radical (unpaired) electrons. The van der Waals surface area contributed by atoms with E-state index < -0.39 is 12.0 Å². The van der Waals surface area contributed by atoms with Crippen LogP contribution in [0.4, 0.5) is 15.6 Å². The Hall–Kier alpha value is -2.93. The highest BCUT2D eigenvalue weighted by Gasteiger charge is 2.09. The van der Waals surface area contributed by atoms with Crippen LogP contribution >= 0.6 is 11.3 Å². The number of hydrogen-bond donors (Lipinski definition) is 3. The predicted octanol–water partition coefficient (Wildman–Crippen LogP) is 3.64. The topological polar surface area (TPSA) is 91.3 Å². The number of fused-ring (bicyclic) bond motifs is 1. The van der Waals surface area contributed by atoms with Gasteiger partial charge in [0.05, 0.1) is 15.8 Å². The molecule has 0 atom stereocenters. The van der Waals surface area contributed by atoms with Crippen LogP contribution in [0, 0.1) is 0 Å². The molecule has 6 nitrogen and oxygen atoms in total. The maximum atomic E-state index is 11.9. The van der Waals surface area contributed by atoms with Gasteiger partial charge in [-0.2, -0.15) is 0 Å². The Bertz CT molecular complexity index is 827. The first kappa shape index (κ1) is 14.0. The van der Waals surface area contributed by atoms with E-state index in [1.165, 1.54) is 23.5 Å². The van der Waals surface area contributed by atoms with Crippen molar-refractivity contribution < 1.29 is 14.7 Å². The van der Waals surface area contributed by atoms with E-state index in [4.69, 9.17) is 5.11 Å². The minimum atomic E-state index is -1.05. The Morgan fingerprint density at radius 3 is 2.64 bits per heavy atom. The van der Waals surface area contributed by atoms with Gasteiger partial charge in [-0.25, -0.2) is 14.6 Å². The van der Waals surface area contributed by atoms with Crippen molar-refractivity contribution in [2.24, 2.45) is 0 Å². The molecule has 0 spiro atoms. The molecule has 22 heavy (non-hydrogen) atoms. The van der Waals surface area contributed by atoms with Crippen LogP contribution in [0.25, 0.3) is 10.2 Å². The van der Waals surface area contributed by atoms with Crippen molar-refractivity contribution in [2.45, 2.75) is 0 Å². The molecule has 0 aliphatic heterocycles. The van der Waals surface area contributed by atoms with Gasteiger partial charge in [-0.1, -0.05) is 29.5 Å². The number of nitrogens with one attached hydrogen (secondary N) is 2. The Kier molecular flexibility index (Phi) is 3.71. The molecule has 3 N–H and O–H groups in total. The quantitative estimate of drug-likeness (QED) is 0.688. The van der Waals surface area contributed by atoms with E-state index in [-0.39, 0.29) is 5.56 Å². The van der Waals surface area contributed by atoms with Crippen LogP contribution in [-0.4, -0.2) is 22.1 Å². The summed E-state index contributed by atoms with van der Waals surface area (Å²) in [5, 5.41) is 14.6. The number of aromatic carboxylic acids is 1. The number of carbonyl (C=O) groups is 2. The summed E-state index contributed by atoms with van der Waals surface area (Å²) in [7, 11) is 0. The minimum absolute atomic E-state index is 0.109. The van der Waals surface area contributed by atoms with E-state index in [2.05, 4.69) is 15.6 Å². The number of carboxylic acids is 1. The monoisotopic (exact) mass is 313 g/mol. The van der Waals surface area contributed by atoms with Crippen LogP contribution in [0.5, 0.6) is 0 Å².